The Hall–Kier alpha value is -1.58. The summed E-state index contributed by atoms with van der Waals surface area (Å²) in [5.74, 6) is 1.16. The molecule has 0 aliphatic rings. The first-order valence-corrected chi connectivity index (χ1v) is 7.50. The smallest absolute Gasteiger partial charge is 0.253 e. The SMILES string of the molecule is CCCCN(C)C(=O)c1cc(NCC)nc(C(C)C)c1. The highest BCUT2D eigenvalue weighted by Gasteiger charge is 2.15. The lowest BCUT2D eigenvalue weighted by molar-refractivity contribution is 0.0793. The van der Waals surface area contributed by atoms with Crippen LogP contribution >= 0.6 is 0 Å². The summed E-state index contributed by atoms with van der Waals surface area (Å²) in [4.78, 5) is 18.8. The fourth-order valence-electron chi connectivity index (χ4n) is 1.96. The van der Waals surface area contributed by atoms with Crippen LogP contribution < -0.4 is 5.32 Å². The zero-order valence-electron chi connectivity index (χ0n) is 13.4. The second-order valence-corrected chi connectivity index (χ2v) is 5.43. The van der Waals surface area contributed by atoms with Gasteiger partial charge in [0.15, 0.2) is 0 Å². The summed E-state index contributed by atoms with van der Waals surface area (Å²) in [5, 5.41) is 3.20. The Labute approximate surface area is 122 Å². The predicted octanol–water partition coefficient (Wildman–Crippen LogP) is 3.51. The van der Waals surface area contributed by atoms with Crippen LogP contribution in [-0.2, 0) is 0 Å². The molecule has 0 fully saturated rings. The van der Waals surface area contributed by atoms with Gasteiger partial charge in [-0.25, -0.2) is 4.98 Å². The highest BCUT2D eigenvalue weighted by atomic mass is 16.2. The molecule has 4 nitrogen and oxygen atoms in total. The van der Waals surface area contributed by atoms with Crippen molar-refractivity contribution in [2.45, 2.75) is 46.5 Å². The van der Waals surface area contributed by atoms with Crippen LogP contribution in [0.3, 0.4) is 0 Å². The van der Waals surface area contributed by atoms with E-state index in [-0.39, 0.29) is 5.91 Å². The van der Waals surface area contributed by atoms with Crippen molar-refractivity contribution in [2.24, 2.45) is 0 Å². The maximum absolute atomic E-state index is 12.5. The van der Waals surface area contributed by atoms with E-state index in [2.05, 4.69) is 31.1 Å². The van der Waals surface area contributed by atoms with Gasteiger partial charge in [0.2, 0.25) is 0 Å². The van der Waals surface area contributed by atoms with Gasteiger partial charge < -0.3 is 10.2 Å². The molecule has 0 unspecified atom stereocenters. The van der Waals surface area contributed by atoms with Crippen LogP contribution in [0, 0.1) is 0 Å². The zero-order valence-corrected chi connectivity index (χ0v) is 13.4. The molecule has 0 aromatic carbocycles. The van der Waals surface area contributed by atoms with Gasteiger partial charge in [-0.3, -0.25) is 4.79 Å². The van der Waals surface area contributed by atoms with E-state index in [0.29, 0.717) is 5.92 Å². The summed E-state index contributed by atoms with van der Waals surface area (Å²) in [6, 6.07) is 3.76. The quantitative estimate of drug-likeness (QED) is 0.829. The number of hydrogen-bond donors (Lipinski definition) is 1. The topological polar surface area (TPSA) is 45.2 Å². The third kappa shape index (κ3) is 4.51. The second kappa shape index (κ2) is 7.88. The number of nitrogens with one attached hydrogen (secondary N) is 1. The molecule has 1 aromatic rings. The molecule has 0 aliphatic heterocycles. The van der Waals surface area contributed by atoms with E-state index in [1.165, 1.54) is 0 Å². The lowest BCUT2D eigenvalue weighted by atomic mass is 10.1. The van der Waals surface area contributed by atoms with Crippen molar-refractivity contribution in [3.05, 3.63) is 23.4 Å². The van der Waals surface area contributed by atoms with Crippen molar-refractivity contribution in [1.82, 2.24) is 9.88 Å². The number of unbranched alkanes of at least 4 members (excludes halogenated alkanes) is 1. The third-order valence-electron chi connectivity index (χ3n) is 3.24. The fourth-order valence-corrected chi connectivity index (χ4v) is 1.96. The van der Waals surface area contributed by atoms with E-state index < -0.39 is 0 Å². The maximum atomic E-state index is 12.5. The molecule has 1 N–H and O–H groups in total. The van der Waals surface area contributed by atoms with Crippen LogP contribution in [0.4, 0.5) is 5.82 Å². The summed E-state index contributed by atoms with van der Waals surface area (Å²) in [6.07, 6.45) is 2.12. The number of amides is 1. The van der Waals surface area contributed by atoms with E-state index in [9.17, 15) is 4.79 Å². The van der Waals surface area contributed by atoms with Crippen LogP contribution in [0.25, 0.3) is 0 Å². The number of carbonyl (C=O) groups excluding carboxylic acids is 1. The molecule has 1 aromatic heterocycles. The first-order chi connectivity index (χ1) is 9.49. The molecule has 0 aliphatic carbocycles. The first kappa shape index (κ1) is 16.5. The molecular formula is C16H27N3O. The van der Waals surface area contributed by atoms with E-state index in [4.69, 9.17) is 0 Å². The molecule has 0 saturated heterocycles. The number of pyridine rings is 1. The Morgan fingerprint density at radius 2 is 2.05 bits per heavy atom. The van der Waals surface area contributed by atoms with E-state index in [1.54, 1.807) is 4.90 Å². The molecule has 0 radical (unpaired) electrons. The number of rotatable bonds is 7. The summed E-state index contributed by atoms with van der Waals surface area (Å²) in [6.45, 7) is 9.93. The number of hydrogen-bond acceptors (Lipinski definition) is 3. The number of carbonyl (C=O) groups is 1. The summed E-state index contributed by atoms with van der Waals surface area (Å²) in [5.41, 5.74) is 1.67. The highest BCUT2D eigenvalue weighted by Crippen LogP contribution is 2.18. The van der Waals surface area contributed by atoms with Crippen molar-refractivity contribution < 1.29 is 4.79 Å². The zero-order chi connectivity index (χ0) is 15.1. The minimum atomic E-state index is 0.0712. The fraction of sp³-hybridized carbons (Fsp3) is 0.625. The monoisotopic (exact) mass is 277 g/mol. The van der Waals surface area contributed by atoms with Gasteiger partial charge in [0.1, 0.15) is 5.82 Å². The highest BCUT2D eigenvalue weighted by molar-refractivity contribution is 5.94. The minimum absolute atomic E-state index is 0.0712. The van der Waals surface area contributed by atoms with E-state index in [1.807, 2.05) is 26.1 Å². The van der Waals surface area contributed by atoms with Gasteiger partial charge in [-0.2, -0.15) is 0 Å². The largest absolute Gasteiger partial charge is 0.370 e. The van der Waals surface area contributed by atoms with Gasteiger partial charge >= 0.3 is 0 Å². The van der Waals surface area contributed by atoms with Crippen LogP contribution in [-0.4, -0.2) is 35.9 Å². The minimum Gasteiger partial charge on any atom is -0.370 e. The molecule has 20 heavy (non-hydrogen) atoms. The van der Waals surface area contributed by atoms with Gasteiger partial charge in [-0.05, 0) is 31.4 Å². The lowest BCUT2D eigenvalue weighted by Crippen LogP contribution is -2.28. The summed E-state index contributed by atoms with van der Waals surface area (Å²) < 4.78 is 0. The molecule has 4 heteroatoms. The van der Waals surface area contributed by atoms with Crippen molar-refractivity contribution in [2.75, 3.05) is 25.5 Å². The molecule has 0 spiro atoms. The predicted molar refractivity (Wildman–Crippen MR) is 84.4 cm³/mol. The molecule has 112 valence electrons. The number of nitrogens with zero attached hydrogens (tertiary/aromatic N) is 2. The average Bonchev–Trinajstić information content (AvgIpc) is 2.43. The third-order valence-corrected chi connectivity index (χ3v) is 3.24. The molecule has 1 heterocycles. The van der Waals surface area contributed by atoms with E-state index in [0.717, 1.165) is 43.0 Å². The van der Waals surface area contributed by atoms with Crippen LogP contribution in [0.5, 0.6) is 0 Å². The molecule has 0 bridgehead atoms. The standard InChI is InChI=1S/C16H27N3O/c1-6-8-9-19(5)16(20)13-10-14(12(3)4)18-15(11-13)17-7-2/h10-12H,6-9H2,1-5H3,(H,17,18). The first-order valence-electron chi connectivity index (χ1n) is 7.50. The Kier molecular flexibility index (Phi) is 6.49. The van der Waals surface area contributed by atoms with Crippen LogP contribution in [0.1, 0.15) is 62.5 Å². The molecule has 1 rings (SSSR count). The number of aromatic nitrogens is 1. The Morgan fingerprint density at radius 1 is 1.35 bits per heavy atom. The van der Waals surface area contributed by atoms with Gasteiger partial charge in [-0.1, -0.05) is 27.2 Å². The summed E-state index contributed by atoms with van der Waals surface area (Å²) >= 11 is 0. The van der Waals surface area contributed by atoms with Crippen molar-refractivity contribution in [3.8, 4) is 0 Å². The van der Waals surface area contributed by atoms with Crippen molar-refractivity contribution in [3.63, 3.8) is 0 Å². The molecule has 0 saturated carbocycles. The molecule has 0 atom stereocenters. The Morgan fingerprint density at radius 3 is 2.60 bits per heavy atom. The van der Waals surface area contributed by atoms with Gasteiger partial charge in [0, 0.05) is 31.4 Å². The van der Waals surface area contributed by atoms with Crippen LogP contribution in [0.15, 0.2) is 12.1 Å². The maximum Gasteiger partial charge on any atom is 0.253 e. The van der Waals surface area contributed by atoms with Gasteiger partial charge in [0.25, 0.3) is 5.91 Å². The molecule has 1 amide bonds. The summed E-state index contributed by atoms with van der Waals surface area (Å²) in [7, 11) is 1.86. The van der Waals surface area contributed by atoms with Crippen LogP contribution in [0.2, 0.25) is 0 Å². The average molecular weight is 277 g/mol. The normalized spacial score (nSPS) is 10.7. The Bertz CT molecular complexity index is 443. The van der Waals surface area contributed by atoms with Gasteiger partial charge in [-0.15, -0.1) is 0 Å². The van der Waals surface area contributed by atoms with Crippen molar-refractivity contribution >= 4 is 11.7 Å². The Balaban J connectivity index is 3.00. The lowest BCUT2D eigenvalue weighted by Gasteiger charge is -2.18. The molecular weight excluding hydrogens is 250 g/mol. The second-order valence-electron chi connectivity index (χ2n) is 5.43. The van der Waals surface area contributed by atoms with Crippen molar-refractivity contribution in [1.29, 1.82) is 0 Å². The van der Waals surface area contributed by atoms with E-state index >= 15 is 0 Å². The number of anilines is 1. The van der Waals surface area contributed by atoms with Gasteiger partial charge in [0.05, 0.1) is 0 Å².